The predicted molar refractivity (Wildman–Crippen MR) is 139 cm³/mol. The summed E-state index contributed by atoms with van der Waals surface area (Å²) in [5.74, 6) is -1.64. The summed E-state index contributed by atoms with van der Waals surface area (Å²) in [5, 5.41) is 8.97. The topological polar surface area (TPSA) is 222 Å². The predicted octanol–water partition coefficient (Wildman–Crippen LogP) is 1.20. The van der Waals surface area contributed by atoms with Gasteiger partial charge in [-0.3, -0.25) is 23.2 Å². The number of nitrogens with zero attached hydrogens (tertiary/aromatic N) is 4. The smallest absolute Gasteiger partial charge is 0.481 e. The number of ether oxygens (including phenoxy) is 3. The van der Waals surface area contributed by atoms with Gasteiger partial charge in [0.1, 0.15) is 29.8 Å². The highest BCUT2D eigenvalue weighted by molar-refractivity contribution is 7.49. The second kappa shape index (κ2) is 12.1. The van der Waals surface area contributed by atoms with Crippen molar-refractivity contribution in [2.75, 3.05) is 26.1 Å². The van der Waals surface area contributed by atoms with E-state index in [1.165, 1.54) is 17.2 Å². The first kappa shape index (κ1) is 28.9. The van der Waals surface area contributed by atoms with E-state index in [1.807, 2.05) is 0 Å². The van der Waals surface area contributed by atoms with E-state index < -0.39 is 57.1 Å². The van der Waals surface area contributed by atoms with Crippen molar-refractivity contribution in [3.05, 3.63) is 42.5 Å². The van der Waals surface area contributed by atoms with E-state index in [-0.39, 0.29) is 24.2 Å². The molecule has 1 unspecified atom stereocenters. The highest BCUT2D eigenvalue weighted by Gasteiger charge is 2.56. The number of rotatable bonds is 11. The number of imidazole rings is 1. The Morgan fingerprint density at radius 2 is 2.00 bits per heavy atom. The van der Waals surface area contributed by atoms with E-state index in [1.54, 1.807) is 31.4 Å². The third kappa shape index (κ3) is 6.48. The summed E-state index contributed by atoms with van der Waals surface area (Å²) in [4.78, 5) is 35.9. The summed E-state index contributed by atoms with van der Waals surface area (Å²) < 4.78 is 48.7. The van der Waals surface area contributed by atoms with Crippen LogP contribution in [0.25, 0.3) is 11.2 Å². The van der Waals surface area contributed by atoms with Gasteiger partial charge in [-0.15, -0.1) is 0 Å². The molecule has 4 heterocycles. The van der Waals surface area contributed by atoms with Crippen molar-refractivity contribution < 1.29 is 47.0 Å². The number of anilines is 1. The van der Waals surface area contributed by atoms with Crippen LogP contribution < -0.4 is 16.0 Å². The number of benzene rings is 1. The van der Waals surface area contributed by atoms with Gasteiger partial charge in [-0.2, -0.15) is 0 Å². The molecule has 17 heteroatoms. The molecular formula is C24H29N6O10P. The molecule has 2 aliphatic heterocycles. The van der Waals surface area contributed by atoms with Gasteiger partial charge >= 0.3 is 19.8 Å². The highest BCUT2D eigenvalue weighted by Crippen LogP contribution is 2.57. The Morgan fingerprint density at radius 1 is 1.22 bits per heavy atom. The van der Waals surface area contributed by atoms with Crippen molar-refractivity contribution in [1.29, 1.82) is 0 Å². The highest BCUT2D eigenvalue weighted by atomic mass is 31.2. The van der Waals surface area contributed by atoms with Crippen LogP contribution in [-0.4, -0.2) is 81.2 Å². The number of carbonyl (C=O) groups is 2. The number of carboxylic acids is 1. The number of methoxy groups -OCH3 is 1. The summed E-state index contributed by atoms with van der Waals surface area (Å²) in [6.07, 6.45) is -1.83. The van der Waals surface area contributed by atoms with Crippen LogP contribution in [0, 0.1) is 0 Å². The van der Waals surface area contributed by atoms with Crippen LogP contribution in [0.3, 0.4) is 0 Å². The number of aliphatic carboxylic acids is 1. The van der Waals surface area contributed by atoms with Gasteiger partial charge in [0.15, 0.2) is 23.8 Å². The molecule has 0 amide bonds. The summed E-state index contributed by atoms with van der Waals surface area (Å²) in [6, 6.07) is 6.55. The molecule has 0 bridgehead atoms. The minimum atomic E-state index is -4.21. The molecule has 0 saturated carbocycles. The Kier molecular flexibility index (Phi) is 8.49. The van der Waals surface area contributed by atoms with Crippen LogP contribution in [0.5, 0.6) is 5.75 Å². The Hall–Kier alpha value is -3.66. The molecule has 6 atom stereocenters. The minimum Gasteiger partial charge on any atom is -0.481 e. The lowest BCUT2D eigenvalue weighted by molar-refractivity contribution is -0.159. The average molecular weight is 593 g/mol. The molecular weight excluding hydrogens is 563 g/mol. The van der Waals surface area contributed by atoms with Gasteiger partial charge < -0.3 is 35.3 Å². The number of esters is 1. The van der Waals surface area contributed by atoms with E-state index in [0.29, 0.717) is 24.2 Å². The summed E-state index contributed by atoms with van der Waals surface area (Å²) in [7, 11) is -2.64. The molecule has 3 aromatic rings. The van der Waals surface area contributed by atoms with Crippen LogP contribution >= 0.6 is 7.82 Å². The van der Waals surface area contributed by atoms with E-state index >= 15 is 0 Å². The Labute approximate surface area is 233 Å². The first-order valence-electron chi connectivity index (χ1n) is 12.6. The molecule has 1 aromatic carbocycles. The van der Waals surface area contributed by atoms with Gasteiger partial charge in [0.2, 0.25) is 0 Å². The van der Waals surface area contributed by atoms with E-state index in [2.05, 4.69) is 15.0 Å². The van der Waals surface area contributed by atoms with Gasteiger partial charge in [0.25, 0.3) is 0 Å². The number of carboxylic acid groups (broad SMARTS) is 1. The molecule has 5 N–H and O–H groups in total. The first-order chi connectivity index (χ1) is 19.7. The lowest BCUT2D eigenvalue weighted by atomic mass is 10.1. The number of hydrogen-bond donors (Lipinski definition) is 3. The fourth-order valence-corrected chi connectivity index (χ4v) is 6.00. The third-order valence-electron chi connectivity index (χ3n) is 6.42. The molecule has 0 spiro atoms. The van der Waals surface area contributed by atoms with Crippen LogP contribution in [0.15, 0.2) is 36.9 Å². The van der Waals surface area contributed by atoms with Crippen molar-refractivity contribution in [1.82, 2.24) is 19.5 Å². The van der Waals surface area contributed by atoms with Crippen molar-refractivity contribution in [2.24, 2.45) is 5.73 Å². The maximum Gasteiger partial charge on any atom is 0.530 e. The average Bonchev–Trinajstić information content (AvgIpc) is 3.51. The number of phosphoric acid groups is 1. The molecule has 41 heavy (non-hydrogen) atoms. The third-order valence-corrected chi connectivity index (χ3v) is 7.83. The zero-order valence-electron chi connectivity index (χ0n) is 21.9. The molecule has 220 valence electrons. The Morgan fingerprint density at radius 3 is 2.73 bits per heavy atom. The van der Waals surface area contributed by atoms with Gasteiger partial charge in [0.05, 0.1) is 32.4 Å². The maximum atomic E-state index is 13.6. The monoisotopic (exact) mass is 592 g/mol. The Balaban J connectivity index is 1.36. The molecule has 2 fully saturated rings. The summed E-state index contributed by atoms with van der Waals surface area (Å²) >= 11 is 0. The number of carbonyl (C=O) groups excluding carboxylic acids is 1. The number of fused-ring (bicyclic) bond motifs is 2. The number of hydrogen-bond acceptors (Lipinski definition) is 14. The van der Waals surface area contributed by atoms with Gasteiger partial charge in [0, 0.05) is 13.2 Å². The quantitative estimate of drug-likeness (QED) is 0.210. The zero-order chi connectivity index (χ0) is 29.1. The summed E-state index contributed by atoms with van der Waals surface area (Å²) in [5.41, 5.74) is 13.4. The fraction of sp³-hybridized carbons (Fsp3) is 0.458. The normalized spacial score (nSPS) is 26.4. The van der Waals surface area contributed by atoms with Gasteiger partial charge in [-0.1, -0.05) is 12.1 Å². The second-order valence-electron chi connectivity index (χ2n) is 9.46. The number of aromatic nitrogens is 4. The summed E-state index contributed by atoms with van der Waals surface area (Å²) in [6.45, 7) is 0.188. The molecule has 2 aromatic heterocycles. The van der Waals surface area contributed by atoms with Crippen molar-refractivity contribution >= 4 is 36.7 Å². The van der Waals surface area contributed by atoms with Crippen LogP contribution in [0.1, 0.15) is 24.6 Å². The Bertz CT molecular complexity index is 1450. The number of phosphoric ester groups is 1. The van der Waals surface area contributed by atoms with Gasteiger partial charge in [-0.25, -0.2) is 19.5 Å². The van der Waals surface area contributed by atoms with Crippen LogP contribution in [0.4, 0.5) is 5.82 Å². The van der Waals surface area contributed by atoms with E-state index in [4.69, 9.17) is 44.4 Å². The number of nitrogen functional groups attached to an aromatic ring is 1. The molecule has 16 nitrogen and oxygen atoms in total. The van der Waals surface area contributed by atoms with Crippen molar-refractivity contribution in [3.8, 4) is 5.75 Å². The molecule has 5 rings (SSSR count). The zero-order valence-corrected chi connectivity index (χ0v) is 22.8. The van der Waals surface area contributed by atoms with Crippen molar-refractivity contribution in [2.45, 2.75) is 49.8 Å². The standard InChI is InChI=1S/C24H29N6O10P/c1-35-9-14(25)8-13-2-4-15(5-3-13)39-41(34)36-10-16-20(40-41)21(38-18(33)7-6-17(31)32)24(37-16)30-12-29-19-22(26)27-11-28-23(19)30/h2-5,11-12,14,16,20-21,24H,6-10,25H2,1H3,(H,31,32)(H2,26,27,28)/t14-,16+,20+,21+,24+,41?/m0/s1. The SMILES string of the molecule is COC[C@@H](N)Cc1ccc(OP2(=O)OC[C@H]3O[C@@H](n4cnc5c(N)ncnc54)[C@H](OC(=O)CCC(=O)O)[C@@H]3O2)cc1. The maximum absolute atomic E-state index is 13.6. The molecule has 2 aliphatic rings. The fourth-order valence-electron chi connectivity index (χ4n) is 4.58. The van der Waals surface area contributed by atoms with E-state index in [9.17, 15) is 14.2 Å². The molecule has 2 saturated heterocycles. The molecule has 0 radical (unpaired) electrons. The van der Waals surface area contributed by atoms with Crippen LogP contribution in [-0.2, 0) is 43.8 Å². The van der Waals surface area contributed by atoms with E-state index in [0.717, 1.165) is 5.56 Å². The number of nitrogens with two attached hydrogens (primary N) is 2. The largest absolute Gasteiger partial charge is 0.530 e. The minimum absolute atomic E-state index is 0.128. The van der Waals surface area contributed by atoms with Gasteiger partial charge in [-0.05, 0) is 24.1 Å². The molecule has 0 aliphatic carbocycles. The lowest BCUT2D eigenvalue weighted by Gasteiger charge is -2.31. The van der Waals surface area contributed by atoms with Crippen molar-refractivity contribution in [3.63, 3.8) is 0 Å². The van der Waals surface area contributed by atoms with Crippen LogP contribution in [0.2, 0.25) is 0 Å². The second-order valence-corrected chi connectivity index (χ2v) is 11.0. The first-order valence-corrected chi connectivity index (χ1v) is 14.1. The lowest BCUT2D eigenvalue weighted by Crippen LogP contribution is -2.42.